The first-order chi connectivity index (χ1) is 22.4. The molecule has 0 saturated carbocycles. The SMILES string of the molecule is [2H]/C(=C\CN(C)C([2H])([2H])[2H])C(=O)Cc1cc2c(Nc3ccc(OC([2H])([2H])c4ccccn4)c(Cl)c3)c(C#N)cnc2cc1OC([2H])([2H])C. The molecule has 204 valence electrons. The zero-order chi connectivity index (χ0) is 35.4. The summed E-state index contributed by atoms with van der Waals surface area (Å²) < 4.78 is 74.0. The van der Waals surface area contributed by atoms with Crippen LogP contribution in [-0.4, -0.2) is 47.8 Å². The summed E-state index contributed by atoms with van der Waals surface area (Å²) in [6.07, 6.45) is 3.53. The van der Waals surface area contributed by atoms with Gasteiger partial charge in [-0.05, 0) is 63.4 Å². The van der Waals surface area contributed by atoms with Crippen molar-refractivity contribution in [1.82, 2.24) is 14.9 Å². The zero-order valence-corrected chi connectivity index (χ0v) is 22.4. The molecule has 2 heterocycles. The number of carbonyl (C=O) groups excluding carboxylic acids is 1. The van der Waals surface area contributed by atoms with Gasteiger partial charge in [0.2, 0.25) is 0 Å². The van der Waals surface area contributed by atoms with Crippen LogP contribution in [0.4, 0.5) is 11.4 Å². The number of fused-ring (bicyclic) bond motifs is 1. The van der Waals surface area contributed by atoms with Crippen molar-refractivity contribution in [2.24, 2.45) is 0 Å². The fourth-order valence-electron chi connectivity index (χ4n) is 3.68. The summed E-state index contributed by atoms with van der Waals surface area (Å²) in [4.78, 5) is 22.4. The summed E-state index contributed by atoms with van der Waals surface area (Å²) >= 11 is 6.47. The molecule has 0 amide bonds. The van der Waals surface area contributed by atoms with E-state index in [0.717, 1.165) is 4.90 Å². The van der Waals surface area contributed by atoms with E-state index in [1.807, 2.05) is 0 Å². The van der Waals surface area contributed by atoms with Gasteiger partial charge in [-0.3, -0.25) is 14.8 Å². The molecule has 4 rings (SSSR count). The van der Waals surface area contributed by atoms with Crippen LogP contribution in [0.25, 0.3) is 10.9 Å². The van der Waals surface area contributed by atoms with Gasteiger partial charge in [0.25, 0.3) is 0 Å². The molecule has 0 unspecified atom stereocenters. The average Bonchev–Trinajstić information content (AvgIpc) is 3.00. The van der Waals surface area contributed by atoms with Crippen LogP contribution in [0.15, 0.2) is 73.1 Å². The number of carbonyl (C=O) groups is 1. The monoisotopic (exact) mass is 563 g/mol. The fourth-order valence-corrected chi connectivity index (χ4v) is 3.90. The Hall–Kier alpha value is -4.45. The molecule has 40 heavy (non-hydrogen) atoms. The third kappa shape index (κ3) is 7.35. The van der Waals surface area contributed by atoms with Crippen LogP contribution < -0.4 is 14.8 Å². The van der Waals surface area contributed by atoms with Gasteiger partial charge in [-0.2, -0.15) is 5.26 Å². The van der Waals surface area contributed by atoms with Crippen molar-refractivity contribution in [2.75, 3.05) is 32.4 Å². The van der Waals surface area contributed by atoms with E-state index < -0.39 is 38.3 Å². The quantitative estimate of drug-likeness (QED) is 0.206. The topological polar surface area (TPSA) is 100 Å². The summed E-state index contributed by atoms with van der Waals surface area (Å²) in [6.45, 7) is -5.83. The van der Waals surface area contributed by atoms with Crippen LogP contribution in [0.3, 0.4) is 0 Å². The van der Waals surface area contributed by atoms with Crippen LogP contribution in [0, 0.1) is 11.3 Å². The van der Waals surface area contributed by atoms with Gasteiger partial charge < -0.3 is 19.7 Å². The van der Waals surface area contributed by atoms with Crippen LogP contribution in [-0.2, 0) is 17.8 Å². The van der Waals surface area contributed by atoms with E-state index in [1.165, 1.54) is 62.8 Å². The molecule has 0 saturated heterocycles. The minimum Gasteiger partial charge on any atom is -0.494 e. The maximum Gasteiger partial charge on any atom is 0.159 e. The molecule has 8 nitrogen and oxygen atoms in total. The van der Waals surface area contributed by atoms with Gasteiger partial charge in [0, 0.05) is 52.2 Å². The summed E-state index contributed by atoms with van der Waals surface area (Å²) in [6, 6.07) is 13.8. The highest BCUT2D eigenvalue weighted by molar-refractivity contribution is 6.32. The molecule has 0 aliphatic heterocycles. The zero-order valence-electron chi connectivity index (χ0n) is 29.7. The molecule has 4 aromatic rings. The van der Waals surface area contributed by atoms with Crippen molar-refractivity contribution in [3.8, 4) is 17.6 Å². The molecular formula is C31H30ClN5O3. The number of nitrogens with one attached hydrogen (secondary N) is 1. The number of anilines is 2. The second kappa shape index (κ2) is 13.6. The smallest absolute Gasteiger partial charge is 0.159 e. The van der Waals surface area contributed by atoms with Gasteiger partial charge in [0.05, 0.1) is 40.9 Å². The van der Waals surface area contributed by atoms with Crippen molar-refractivity contribution in [1.29, 1.82) is 5.26 Å². The Bertz CT molecular complexity index is 1890. The number of likely N-dealkylation sites (N-methyl/N-ethyl adjacent to an activating group) is 1. The van der Waals surface area contributed by atoms with Gasteiger partial charge in [-0.1, -0.05) is 23.7 Å². The number of benzene rings is 2. The van der Waals surface area contributed by atoms with Crippen molar-refractivity contribution < 1.29 is 25.2 Å². The summed E-state index contributed by atoms with van der Waals surface area (Å²) in [5.41, 5.74) is 1.33. The van der Waals surface area contributed by atoms with Crippen LogP contribution >= 0.6 is 11.6 Å². The maximum atomic E-state index is 13.1. The molecule has 1 N–H and O–H groups in total. The highest BCUT2D eigenvalue weighted by Crippen LogP contribution is 2.36. The molecule has 2 aromatic heterocycles. The molecule has 2 aromatic carbocycles. The molecule has 0 bridgehead atoms. The van der Waals surface area contributed by atoms with Crippen LogP contribution in [0.2, 0.25) is 5.02 Å². The number of rotatable bonds is 12. The van der Waals surface area contributed by atoms with Gasteiger partial charge in [-0.15, -0.1) is 0 Å². The highest BCUT2D eigenvalue weighted by atomic mass is 35.5. The first-order valence-corrected chi connectivity index (χ1v) is 12.4. The number of hydrogen-bond donors (Lipinski definition) is 1. The number of nitrogens with zero attached hydrogens (tertiary/aromatic N) is 4. The van der Waals surface area contributed by atoms with Gasteiger partial charge in [0.1, 0.15) is 24.1 Å². The van der Waals surface area contributed by atoms with E-state index in [0.29, 0.717) is 16.6 Å². The second-order valence-corrected chi connectivity index (χ2v) is 8.87. The summed E-state index contributed by atoms with van der Waals surface area (Å²) in [7, 11) is 1.34. The Morgan fingerprint density at radius 1 is 1.25 bits per heavy atom. The Balaban J connectivity index is 1.71. The van der Waals surface area contributed by atoms with E-state index in [-0.39, 0.29) is 45.6 Å². The van der Waals surface area contributed by atoms with Gasteiger partial charge in [0.15, 0.2) is 5.78 Å². The maximum absolute atomic E-state index is 13.1. The van der Waals surface area contributed by atoms with E-state index in [4.69, 9.17) is 32.0 Å². The minimum atomic E-state index is -2.41. The Morgan fingerprint density at radius 2 is 2.12 bits per heavy atom. The van der Waals surface area contributed by atoms with Crippen LogP contribution in [0.1, 0.15) is 34.7 Å². The Kier molecular flexibility index (Phi) is 6.64. The van der Waals surface area contributed by atoms with Crippen molar-refractivity contribution in [3.63, 3.8) is 0 Å². The summed E-state index contributed by atoms with van der Waals surface area (Å²) in [5, 5.41) is 13.5. The van der Waals surface area contributed by atoms with Crippen LogP contribution in [0.5, 0.6) is 11.5 Å². The highest BCUT2D eigenvalue weighted by Gasteiger charge is 2.16. The predicted molar refractivity (Wildman–Crippen MR) is 157 cm³/mol. The molecule has 9 heteroatoms. The standard InChI is InChI=1S/C31H30ClN5O3/c1-4-39-30-17-28-26(15-21(30)14-25(38)9-7-13-37(2)3)31(22(18-33)19-35-28)36-23-10-11-29(27(32)16-23)40-20-24-8-5-6-12-34-24/h5-12,15-17,19H,4,13-14,20H2,1-3H3,(H,35,36)/b9-7+/i2D3,4D2,9D,20D2. The summed E-state index contributed by atoms with van der Waals surface area (Å²) in [5.74, 6) is -0.647. The lowest BCUT2D eigenvalue weighted by Crippen LogP contribution is -2.11. The van der Waals surface area contributed by atoms with Crippen molar-refractivity contribution in [2.45, 2.75) is 19.9 Å². The lowest BCUT2D eigenvalue weighted by molar-refractivity contribution is -0.114. The largest absolute Gasteiger partial charge is 0.494 e. The first kappa shape index (κ1) is 19.6. The van der Waals surface area contributed by atoms with E-state index in [1.54, 1.807) is 18.2 Å². The number of pyridine rings is 2. The number of nitriles is 1. The van der Waals surface area contributed by atoms with Crippen molar-refractivity contribution >= 4 is 39.7 Å². The van der Waals surface area contributed by atoms with Gasteiger partial charge in [-0.25, -0.2) is 0 Å². The molecule has 0 atom stereocenters. The third-order valence-corrected chi connectivity index (χ3v) is 5.79. The minimum absolute atomic E-state index is 0.00867. The number of ether oxygens (including phenoxy) is 2. The molecular weight excluding hydrogens is 526 g/mol. The third-order valence-electron chi connectivity index (χ3n) is 5.49. The Morgan fingerprint density at radius 3 is 2.85 bits per heavy atom. The van der Waals surface area contributed by atoms with E-state index in [9.17, 15) is 10.1 Å². The molecule has 0 radical (unpaired) electrons. The number of halogens is 1. The normalized spacial score (nSPS) is 15.3. The molecule has 0 aliphatic rings. The molecule has 0 fully saturated rings. The number of aromatic nitrogens is 2. The van der Waals surface area contributed by atoms with Gasteiger partial charge >= 0.3 is 0 Å². The lowest BCUT2D eigenvalue weighted by atomic mass is 10.0. The number of ketones is 1. The average molecular weight is 564 g/mol. The van der Waals surface area contributed by atoms with Crippen molar-refractivity contribution in [3.05, 3.63) is 94.9 Å². The van der Waals surface area contributed by atoms with E-state index in [2.05, 4.69) is 21.4 Å². The molecule has 0 spiro atoms. The lowest BCUT2D eigenvalue weighted by Gasteiger charge is -2.16. The number of hydrogen-bond acceptors (Lipinski definition) is 8. The second-order valence-electron chi connectivity index (χ2n) is 8.46. The number of allylic oxidation sites excluding steroid dienone is 1. The molecule has 0 aliphatic carbocycles. The van der Waals surface area contributed by atoms with E-state index >= 15 is 0 Å². The first-order valence-electron chi connectivity index (χ1n) is 16.0. The fraction of sp³-hybridized carbons (Fsp3) is 0.226. The Labute approximate surface area is 250 Å². The predicted octanol–water partition coefficient (Wildman–Crippen LogP) is 6.11.